The zero-order valence-electron chi connectivity index (χ0n) is 12.4. The standard InChI is InChI=1S/C9H14N2O2.2C2H6.W/c1-3-4-9(13)11-6-5-10(7-11)8(2)12;2*1-2;/h3-5,7H2,1-2H3;2*1-2H3;. The van der Waals surface area contributed by atoms with Crippen molar-refractivity contribution in [3.8, 4) is 0 Å². The molecule has 4 nitrogen and oxygen atoms in total. The maximum absolute atomic E-state index is 11.6. The van der Waals surface area contributed by atoms with Crippen LogP contribution >= 0.6 is 0 Å². The molecule has 0 aromatic rings. The summed E-state index contributed by atoms with van der Waals surface area (Å²) in [6, 6.07) is 0. The Bertz CT molecular complexity index is 280. The van der Waals surface area contributed by atoms with Gasteiger partial charge in [0.15, 0.2) is 0 Å². The summed E-state index contributed by atoms with van der Waals surface area (Å²) in [5, 5.41) is 0. The van der Waals surface area contributed by atoms with Crippen LogP contribution in [0.1, 0.15) is 54.4 Å². The van der Waals surface area contributed by atoms with Gasteiger partial charge in [-0.1, -0.05) is 27.7 Å². The molecule has 0 unspecified atom stereocenters. The number of hydrogen-bond acceptors (Lipinski definition) is 2. The minimum atomic E-state index is 0.0375. The molecule has 106 valence electrons. The number of amides is 2. The van der Waals surface area contributed by atoms with Crippen LogP contribution in [-0.2, 0) is 28.9 Å². The number of hydrogen-bond donors (Lipinski definition) is 0. The fourth-order valence-electron chi connectivity index (χ4n) is 1.33. The summed E-state index contributed by atoms with van der Waals surface area (Å²) >= 11 is 1.27. The van der Waals surface area contributed by atoms with Crippen LogP contribution in [0.5, 0.6) is 0 Å². The predicted molar refractivity (Wildman–Crippen MR) is 71.7 cm³/mol. The molecule has 1 saturated heterocycles. The van der Waals surface area contributed by atoms with Crippen LogP contribution in [-0.4, -0.2) is 38.8 Å². The van der Waals surface area contributed by atoms with E-state index in [2.05, 4.69) is 0 Å². The van der Waals surface area contributed by atoms with Gasteiger partial charge in [0.25, 0.3) is 0 Å². The van der Waals surface area contributed by atoms with E-state index in [4.69, 9.17) is 0 Å². The normalized spacial score (nSPS) is 13.3. The van der Waals surface area contributed by atoms with Crippen molar-refractivity contribution < 1.29 is 28.9 Å². The number of carbonyl (C=O) groups is 2. The average Bonchev–Trinajstić information content (AvgIpc) is 2.77. The van der Waals surface area contributed by atoms with Gasteiger partial charge in [-0.05, 0) is 0 Å². The third kappa shape index (κ3) is 6.44. The molecular weight excluding hydrogens is 400 g/mol. The zero-order chi connectivity index (χ0) is 14.7. The van der Waals surface area contributed by atoms with Crippen molar-refractivity contribution in [3.63, 3.8) is 0 Å². The van der Waals surface area contributed by atoms with Gasteiger partial charge in [-0.2, -0.15) is 0 Å². The van der Waals surface area contributed by atoms with E-state index in [1.54, 1.807) is 9.80 Å². The van der Waals surface area contributed by atoms with Crippen LogP contribution in [0.25, 0.3) is 0 Å². The van der Waals surface area contributed by atoms with E-state index < -0.39 is 0 Å². The zero-order valence-corrected chi connectivity index (χ0v) is 15.4. The van der Waals surface area contributed by atoms with Gasteiger partial charge in [0, 0.05) is 0 Å². The van der Waals surface area contributed by atoms with Crippen molar-refractivity contribution in [1.29, 1.82) is 0 Å². The van der Waals surface area contributed by atoms with Gasteiger partial charge in [0.1, 0.15) is 0 Å². The van der Waals surface area contributed by atoms with Gasteiger partial charge < -0.3 is 0 Å². The molecule has 0 aliphatic carbocycles. The molecule has 0 aromatic carbocycles. The van der Waals surface area contributed by atoms with Crippen LogP contribution in [0.3, 0.4) is 0 Å². The molecule has 1 fully saturated rings. The molecular formula is C13H26N2O2W. The molecule has 0 spiro atoms. The first-order valence-electron chi connectivity index (χ1n) is 6.65. The molecule has 0 saturated carbocycles. The molecule has 2 amide bonds. The molecule has 0 N–H and O–H groups in total. The van der Waals surface area contributed by atoms with Gasteiger partial charge in [0.2, 0.25) is 0 Å². The predicted octanol–water partition coefficient (Wildman–Crippen LogP) is 2.16. The molecule has 0 aromatic heterocycles. The summed E-state index contributed by atoms with van der Waals surface area (Å²) in [6.07, 6.45) is 1.43. The summed E-state index contributed by atoms with van der Waals surface area (Å²) in [5.41, 5.74) is 0. The first kappa shape index (κ1) is 19.8. The molecule has 0 bridgehead atoms. The van der Waals surface area contributed by atoms with Crippen molar-refractivity contribution in [1.82, 2.24) is 9.80 Å². The van der Waals surface area contributed by atoms with Crippen molar-refractivity contribution in [3.05, 3.63) is 0 Å². The molecule has 0 radical (unpaired) electrons. The first-order valence-corrected chi connectivity index (χ1v) is 8.11. The first-order chi connectivity index (χ1) is 8.56. The summed E-state index contributed by atoms with van der Waals surface area (Å²) in [5.74, 6) is 0.178. The summed E-state index contributed by atoms with van der Waals surface area (Å²) in [6.45, 7) is 12.6. The van der Waals surface area contributed by atoms with Gasteiger partial charge in [-0.25, -0.2) is 0 Å². The average molecular weight is 426 g/mol. The molecule has 18 heavy (non-hydrogen) atoms. The molecule has 1 heterocycles. The van der Waals surface area contributed by atoms with Crippen LogP contribution in [0.15, 0.2) is 0 Å². The van der Waals surface area contributed by atoms with E-state index in [0.29, 0.717) is 19.6 Å². The Kier molecular flexibility index (Phi) is 12.8. The molecule has 1 aliphatic heterocycles. The quantitative estimate of drug-likeness (QED) is 0.680. The van der Waals surface area contributed by atoms with E-state index in [0.717, 1.165) is 10.4 Å². The van der Waals surface area contributed by atoms with Gasteiger partial charge >= 0.3 is 94.5 Å². The van der Waals surface area contributed by atoms with E-state index >= 15 is 0 Å². The van der Waals surface area contributed by atoms with Crippen LogP contribution in [0.4, 0.5) is 0 Å². The van der Waals surface area contributed by atoms with E-state index in [1.807, 2.05) is 34.6 Å². The summed E-state index contributed by atoms with van der Waals surface area (Å²) in [7, 11) is 0. The third-order valence-electron chi connectivity index (χ3n) is 2.15. The van der Waals surface area contributed by atoms with E-state index in [1.165, 1.54) is 26.3 Å². The Hall–Kier alpha value is -0.502. The Labute approximate surface area is 122 Å². The van der Waals surface area contributed by atoms with E-state index in [9.17, 15) is 9.59 Å². The van der Waals surface area contributed by atoms with Crippen LogP contribution < -0.4 is 0 Å². The molecule has 1 aliphatic rings. The Morgan fingerprint density at radius 2 is 1.72 bits per heavy atom. The van der Waals surface area contributed by atoms with Crippen molar-refractivity contribution in [2.24, 2.45) is 0 Å². The van der Waals surface area contributed by atoms with Gasteiger partial charge in [-0.15, -0.1) is 0 Å². The molecule has 1 rings (SSSR count). The van der Waals surface area contributed by atoms with Crippen LogP contribution in [0, 0.1) is 0 Å². The van der Waals surface area contributed by atoms with E-state index in [-0.39, 0.29) is 11.8 Å². The number of rotatable bonds is 2. The summed E-state index contributed by atoms with van der Waals surface area (Å²) in [4.78, 5) is 26.1. The maximum atomic E-state index is 11.6. The number of carbonyl (C=O) groups excluding carboxylic acids is 2. The second kappa shape index (κ2) is 11.6. The second-order valence-corrected chi connectivity index (χ2v) is 5.02. The minimum absolute atomic E-state index is 0.0375. The molecule has 5 heteroatoms. The Morgan fingerprint density at radius 1 is 1.22 bits per heavy atom. The van der Waals surface area contributed by atoms with Crippen LogP contribution in [0.2, 0.25) is 0 Å². The van der Waals surface area contributed by atoms with Gasteiger partial charge in [-0.3, -0.25) is 0 Å². The second-order valence-electron chi connectivity index (χ2n) is 3.32. The summed E-state index contributed by atoms with van der Waals surface area (Å²) < 4.78 is 1.05. The molecule has 0 atom stereocenters. The fourth-order valence-corrected chi connectivity index (χ4v) is 2.46. The SMILES string of the molecule is CC.CC.CCCC(=O)N1CN(C(C)=O)C[C]1=[W]. The third-order valence-corrected chi connectivity index (χ3v) is 3.41. The van der Waals surface area contributed by atoms with Crippen molar-refractivity contribution in [2.45, 2.75) is 54.4 Å². The van der Waals surface area contributed by atoms with Gasteiger partial charge in [0.05, 0.1) is 0 Å². The Balaban J connectivity index is 0. The fraction of sp³-hybridized carbons (Fsp3) is 0.769. The monoisotopic (exact) mass is 426 g/mol. The Morgan fingerprint density at radius 3 is 2.06 bits per heavy atom. The van der Waals surface area contributed by atoms with Crippen molar-refractivity contribution in [2.75, 3.05) is 13.2 Å². The number of nitrogens with zero attached hydrogens (tertiary/aromatic N) is 2. The topological polar surface area (TPSA) is 40.6 Å². The van der Waals surface area contributed by atoms with Crippen molar-refractivity contribution >= 4 is 15.8 Å².